The molecule has 1 aliphatic carbocycles. The van der Waals surface area contributed by atoms with Crippen LogP contribution in [-0.4, -0.2) is 17.4 Å². The van der Waals surface area contributed by atoms with Gasteiger partial charge in [-0.1, -0.05) is 18.2 Å². The molecule has 1 saturated carbocycles. The van der Waals surface area contributed by atoms with Crippen molar-refractivity contribution in [2.45, 2.75) is 37.8 Å². The number of hydrogen-bond donors (Lipinski definition) is 2. The summed E-state index contributed by atoms with van der Waals surface area (Å²) >= 11 is 1.33. The SMILES string of the molecule is Cl.NCCC(=O)Nc1nc(C2CC2)c(Cc2cccc(C(F)(F)F)c2)s1. The molecule has 0 aliphatic heterocycles. The number of aromatic nitrogens is 1. The molecule has 1 aromatic heterocycles. The van der Waals surface area contributed by atoms with Gasteiger partial charge >= 0.3 is 6.18 Å². The van der Waals surface area contributed by atoms with Gasteiger partial charge in [-0.2, -0.15) is 13.2 Å². The first-order valence-electron chi connectivity index (χ1n) is 8.02. The van der Waals surface area contributed by atoms with E-state index in [1.165, 1.54) is 23.5 Å². The van der Waals surface area contributed by atoms with Gasteiger partial charge in [-0.15, -0.1) is 23.7 Å². The van der Waals surface area contributed by atoms with E-state index in [1.54, 1.807) is 6.07 Å². The van der Waals surface area contributed by atoms with Gasteiger partial charge in [0.1, 0.15) is 0 Å². The number of nitrogens with two attached hydrogens (primary N) is 1. The quantitative estimate of drug-likeness (QED) is 0.751. The van der Waals surface area contributed by atoms with Crippen molar-refractivity contribution in [3.05, 3.63) is 46.0 Å². The lowest BCUT2D eigenvalue weighted by molar-refractivity contribution is -0.137. The highest BCUT2D eigenvalue weighted by Crippen LogP contribution is 2.44. The van der Waals surface area contributed by atoms with E-state index >= 15 is 0 Å². The predicted octanol–water partition coefficient (Wildman–Crippen LogP) is 4.34. The first-order chi connectivity index (χ1) is 11.9. The maximum atomic E-state index is 12.9. The van der Waals surface area contributed by atoms with Crippen LogP contribution in [0.15, 0.2) is 24.3 Å². The number of hydrogen-bond acceptors (Lipinski definition) is 4. The Balaban J connectivity index is 0.00000243. The standard InChI is InChI=1S/C17H18F3N3OS.ClH/c18-17(19,20)12-3-1-2-10(8-12)9-13-15(11-4-5-11)23-16(25-13)22-14(24)6-7-21;/h1-3,8,11H,4-7,9,21H2,(H,22,23,24);1H. The number of amides is 1. The van der Waals surface area contributed by atoms with E-state index in [9.17, 15) is 18.0 Å². The Bertz CT molecular complexity index is 775. The minimum absolute atomic E-state index is 0. The lowest BCUT2D eigenvalue weighted by Gasteiger charge is -2.08. The maximum absolute atomic E-state index is 12.9. The Morgan fingerprint density at radius 3 is 2.69 bits per heavy atom. The number of halogens is 4. The van der Waals surface area contributed by atoms with E-state index in [2.05, 4.69) is 10.3 Å². The topological polar surface area (TPSA) is 68.0 Å². The molecule has 4 nitrogen and oxygen atoms in total. The molecule has 0 unspecified atom stereocenters. The fourth-order valence-corrected chi connectivity index (χ4v) is 3.67. The molecular formula is C17H19ClF3N3OS. The zero-order valence-corrected chi connectivity index (χ0v) is 15.4. The van der Waals surface area contributed by atoms with Gasteiger partial charge in [0.05, 0.1) is 11.3 Å². The molecule has 1 aromatic carbocycles. The van der Waals surface area contributed by atoms with Gasteiger partial charge in [0, 0.05) is 30.2 Å². The second-order valence-corrected chi connectivity index (χ2v) is 7.15. The summed E-state index contributed by atoms with van der Waals surface area (Å²) in [5, 5.41) is 3.20. The number of thiazole rings is 1. The van der Waals surface area contributed by atoms with Gasteiger partial charge in [-0.25, -0.2) is 4.98 Å². The molecular weight excluding hydrogens is 387 g/mol. The molecule has 0 spiro atoms. The first-order valence-corrected chi connectivity index (χ1v) is 8.84. The minimum Gasteiger partial charge on any atom is -0.330 e. The molecule has 3 N–H and O–H groups in total. The van der Waals surface area contributed by atoms with Crippen molar-refractivity contribution in [3.63, 3.8) is 0 Å². The van der Waals surface area contributed by atoms with E-state index in [0.717, 1.165) is 29.5 Å². The van der Waals surface area contributed by atoms with Crippen LogP contribution in [-0.2, 0) is 17.4 Å². The number of nitrogens with one attached hydrogen (secondary N) is 1. The van der Waals surface area contributed by atoms with E-state index in [4.69, 9.17) is 5.73 Å². The molecule has 1 heterocycles. The molecule has 2 aromatic rings. The third-order valence-electron chi connectivity index (χ3n) is 3.93. The summed E-state index contributed by atoms with van der Waals surface area (Å²) in [6.45, 7) is 0.254. The normalized spacial score (nSPS) is 14.0. The summed E-state index contributed by atoms with van der Waals surface area (Å²) in [6.07, 6.45) is -1.73. The molecule has 0 atom stereocenters. The molecule has 9 heteroatoms. The zero-order chi connectivity index (χ0) is 18.0. The van der Waals surface area contributed by atoms with E-state index in [0.29, 0.717) is 23.0 Å². The lowest BCUT2D eigenvalue weighted by Crippen LogP contribution is -2.15. The van der Waals surface area contributed by atoms with Gasteiger partial charge in [0.15, 0.2) is 5.13 Å². The largest absolute Gasteiger partial charge is 0.416 e. The Labute approximate surface area is 159 Å². The van der Waals surface area contributed by atoms with Crippen molar-refractivity contribution in [1.29, 1.82) is 0 Å². The second-order valence-electron chi connectivity index (χ2n) is 6.06. The van der Waals surface area contributed by atoms with Crippen LogP contribution >= 0.6 is 23.7 Å². The van der Waals surface area contributed by atoms with Crippen molar-refractivity contribution in [3.8, 4) is 0 Å². The summed E-state index contributed by atoms with van der Waals surface area (Å²) in [4.78, 5) is 17.1. The number of alkyl halides is 3. The van der Waals surface area contributed by atoms with Crippen molar-refractivity contribution >= 4 is 34.8 Å². The van der Waals surface area contributed by atoms with Crippen LogP contribution in [0.3, 0.4) is 0 Å². The molecule has 1 aliphatic rings. The van der Waals surface area contributed by atoms with Crippen LogP contribution in [0.1, 0.15) is 46.9 Å². The Morgan fingerprint density at radius 1 is 1.35 bits per heavy atom. The average molecular weight is 406 g/mol. The highest BCUT2D eigenvalue weighted by molar-refractivity contribution is 7.15. The van der Waals surface area contributed by atoms with Crippen LogP contribution in [0.4, 0.5) is 18.3 Å². The predicted molar refractivity (Wildman–Crippen MR) is 97.9 cm³/mol. The van der Waals surface area contributed by atoms with Gasteiger partial charge in [-0.3, -0.25) is 4.79 Å². The Morgan fingerprint density at radius 2 is 2.08 bits per heavy atom. The number of carbonyl (C=O) groups excluding carboxylic acids is 1. The van der Waals surface area contributed by atoms with Gasteiger partial charge in [0.25, 0.3) is 0 Å². The summed E-state index contributed by atoms with van der Waals surface area (Å²) < 4.78 is 38.6. The molecule has 142 valence electrons. The van der Waals surface area contributed by atoms with Crippen molar-refractivity contribution in [1.82, 2.24) is 4.98 Å². The van der Waals surface area contributed by atoms with Gasteiger partial charge in [0.2, 0.25) is 5.91 Å². The van der Waals surface area contributed by atoms with Crippen LogP contribution in [0, 0.1) is 0 Å². The van der Waals surface area contributed by atoms with Crippen molar-refractivity contribution in [2.75, 3.05) is 11.9 Å². The van der Waals surface area contributed by atoms with E-state index in [-0.39, 0.29) is 31.3 Å². The molecule has 1 fully saturated rings. The summed E-state index contributed by atoms with van der Waals surface area (Å²) in [5.74, 6) is 0.140. The Hall–Kier alpha value is -1.64. The lowest BCUT2D eigenvalue weighted by atomic mass is 10.1. The van der Waals surface area contributed by atoms with Gasteiger partial charge < -0.3 is 11.1 Å². The summed E-state index contributed by atoms with van der Waals surface area (Å²) in [7, 11) is 0. The van der Waals surface area contributed by atoms with Crippen molar-refractivity contribution in [2.24, 2.45) is 5.73 Å². The van der Waals surface area contributed by atoms with Crippen molar-refractivity contribution < 1.29 is 18.0 Å². The minimum atomic E-state index is -4.36. The highest BCUT2D eigenvalue weighted by Gasteiger charge is 2.32. The smallest absolute Gasteiger partial charge is 0.330 e. The average Bonchev–Trinajstić information content (AvgIpc) is 3.30. The number of rotatable bonds is 6. The summed E-state index contributed by atoms with van der Waals surface area (Å²) in [6, 6.07) is 5.33. The van der Waals surface area contributed by atoms with Crippen LogP contribution < -0.4 is 11.1 Å². The second kappa shape index (κ2) is 8.37. The fourth-order valence-electron chi connectivity index (χ4n) is 2.58. The summed E-state index contributed by atoms with van der Waals surface area (Å²) in [5.41, 5.74) is 6.18. The van der Waals surface area contributed by atoms with E-state index < -0.39 is 11.7 Å². The maximum Gasteiger partial charge on any atom is 0.416 e. The van der Waals surface area contributed by atoms with Crippen LogP contribution in [0.2, 0.25) is 0 Å². The first kappa shape index (κ1) is 20.7. The highest BCUT2D eigenvalue weighted by atomic mass is 35.5. The number of nitrogens with zero attached hydrogens (tertiary/aromatic N) is 1. The Kier molecular flexibility index (Phi) is 6.65. The molecule has 26 heavy (non-hydrogen) atoms. The third-order valence-corrected chi connectivity index (χ3v) is 4.91. The fraction of sp³-hybridized carbons (Fsp3) is 0.412. The molecule has 0 radical (unpaired) electrons. The number of anilines is 1. The van der Waals surface area contributed by atoms with E-state index in [1.807, 2.05) is 0 Å². The third kappa shape index (κ3) is 5.18. The molecule has 3 rings (SSSR count). The monoisotopic (exact) mass is 405 g/mol. The van der Waals surface area contributed by atoms with Crippen LogP contribution in [0.25, 0.3) is 0 Å². The number of benzene rings is 1. The molecule has 0 saturated heterocycles. The van der Waals surface area contributed by atoms with Gasteiger partial charge in [-0.05, 0) is 24.5 Å². The molecule has 1 amide bonds. The zero-order valence-electron chi connectivity index (χ0n) is 13.8. The van der Waals surface area contributed by atoms with Crippen LogP contribution in [0.5, 0.6) is 0 Å². The number of carbonyl (C=O) groups is 1. The molecule has 0 bridgehead atoms.